The van der Waals surface area contributed by atoms with Crippen molar-refractivity contribution in [2.75, 3.05) is 26.6 Å². The zero-order chi connectivity index (χ0) is 24.9. The number of anilines is 1. The molecule has 0 aliphatic carbocycles. The van der Waals surface area contributed by atoms with Crippen molar-refractivity contribution >= 4 is 23.2 Å². The van der Waals surface area contributed by atoms with Crippen LogP contribution in [-0.4, -0.2) is 27.2 Å². The van der Waals surface area contributed by atoms with E-state index in [4.69, 9.17) is 30.5 Å². The maximum Gasteiger partial charge on any atom is 0.255 e. The minimum absolute atomic E-state index is 0.0697. The molecule has 34 heavy (non-hydrogen) atoms. The number of carbonyl (C=O) groups is 1. The Morgan fingerprint density at radius 2 is 1.50 bits per heavy atom. The fraction of sp³-hybridized carbons (Fsp3) is 0.296. The number of carbonyl (C=O) groups excluding carboxylic acids is 1. The maximum atomic E-state index is 13.0. The van der Waals surface area contributed by atoms with Crippen LogP contribution in [-0.2, 0) is 12.0 Å². The molecule has 1 N–H and O–H groups in total. The van der Waals surface area contributed by atoms with Gasteiger partial charge >= 0.3 is 0 Å². The first kappa shape index (κ1) is 25.2. The van der Waals surface area contributed by atoms with E-state index in [0.29, 0.717) is 33.5 Å². The second kappa shape index (κ2) is 10.7. The summed E-state index contributed by atoms with van der Waals surface area (Å²) in [6.07, 6.45) is 0. The molecule has 1 amide bonds. The van der Waals surface area contributed by atoms with Gasteiger partial charge in [-0.1, -0.05) is 44.5 Å². The predicted octanol–water partition coefficient (Wildman–Crippen LogP) is 6.49. The van der Waals surface area contributed by atoms with Crippen LogP contribution in [0.2, 0.25) is 5.02 Å². The van der Waals surface area contributed by atoms with Gasteiger partial charge in [-0.2, -0.15) is 0 Å². The van der Waals surface area contributed by atoms with Gasteiger partial charge in [0.25, 0.3) is 5.91 Å². The molecule has 0 heterocycles. The molecule has 0 unspecified atom stereocenters. The number of amides is 1. The smallest absolute Gasteiger partial charge is 0.255 e. The molecule has 0 saturated carbocycles. The van der Waals surface area contributed by atoms with E-state index in [-0.39, 0.29) is 17.9 Å². The lowest BCUT2D eigenvalue weighted by Gasteiger charge is -2.19. The predicted molar refractivity (Wildman–Crippen MR) is 135 cm³/mol. The molecule has 0 radical (unpaired) electrons. The normalized spacial score (nSPS) is 11.0. The molecule has 0 fully saturated rings. The molecule has 3 aromatic carbocycles. The molecule has 180 valence electrons. The van der Waals surface area contributed by atoms with Gasteiger partial charge in [-0.15, -0.1) is 0 Å². The number of methoxy groups -OCH3 is 3. The van der Waals surface area contributed by atoms with Crippen molar-refractivity contribution in [2.45, 2.75) is 32.8 Å². The van der Waals surface area contributed by atoms with Gasteiger partial charge in [0.15, 0.2) is 0 Å². The molecule has 6 nitrogen and oxygen atoms in total. The molecular weight excluding hydrogens is 454 g/mol. The summed E-state index contributed by atoms with van der Waals surface area (Å²) in [4.78, 5) is 13.0. The van der Waals surface area contributed by atoms with E-state index in [0.717, 1.165) is 11.3 Å². The van der Waals surface area contributed by atoms with Crippen molar-refractivity contribution in [3.8, 4) is 23.0 Å². The van der Waals surface area contributed by atoms with Gasteiger partial charge in [0.2, 0.25) is 0 Å². The molecule has 0 aliphatic heterocycles. The Morgan fingerprint density at radius 3 is 2.09 bits per heavy atom. The van der Waals surface area contributed by atoms with E-state index < -0.39 is 0 Å². The van der Waals surface area contributed by atoms with Gasteiger partial charge in [-0.3, -0.25) is 4.79 Å². The highest BCUT2D eigenvalue weighted by Gasteiger charge is 2.16. The molecule has 0 atom stereocenters. The van der Waals surface area contributed by atoms with Crippen molar-refractivity contribution < 1.29 is 23.7 Å². The lowest BCUT2D eigenvalue weighted by atomic mass is 9.87. The summed E-state index contributed by atoms with van der Waals surface area (Å²) in [5.74, 6) is 1.91. The van der Waals surface area contributed by atoms with Crippen LogP contribution < -0.4 is 24.3 Å². The Hall–Kier alpha value is -3.38. The lowest BCUT2D eigenvalue weighted by Crippen LogP contribution is -2.14. The Kier molecular flexibility index (Phi) is 7.94. The van der Waals surface area contributed by atoms with Crippen molar-refractivity contribution in [2.24, 2.45) is 0 Å². The van der Waals surface area contributed by atoms with Gasteiger partial charge in [0.1, 0.15) is 29.6 Å². The molecule has 0 spiro atoms. The number of ether oxygens (including phenoxy) is 4. The lowest BCUT2D eigenvalue weighted by molar-refractivity contribution is 0.102. The van der Waals surface area contributed by atoms with Gasteiger partial charge in [-0.05, 0) is 41.3 Å². The molecule has 7 heteroatoms. The highest BCUT2D eigenvalue weighted by molar-refractivity contribution is 6.32. The third kappa shape index (κ3) is 5.94. The first-order chi connectivity index (χ1) is 16.2. The highest BCUT2D eigenvalue weighted by Crippen LogP contribution is 2.36. The van der Waals surface area contributed by atoms with Crippen molar-refractivity contribution in [3.05, 3.63) is 76.3 Å². The molecule has 0 saturated heterocycles. The van der Waals surface area contributed by atoms with E-state index in [1.54, 1.807) is 37.4 Å². The first-order valence-electron chi connectivity index (χ1n) is 10.8. The number of hydrogen-bond donors (Lipinski definition) is 1. The first-order valence-corrected chi connectivity index (χ1v) is 11.2. The van der Waals surface area contributed by atoms with Crippen LogP contribution in [0.25, 0.3) is 0 Å². The second-order valence-corrected chi connectivity index (χ2v) is 9.14. The van der Waals surface area contributed by atoms with Crippen molar-refractivity contribution in [1.82, 2.24) is 0 Å². The zero-order valence-electron chi connectivity index (χ0n) is 20.3. The fourth-order valence-electron chi connectivity index (χ4n) is 3.40. The topological polar surface area (TPSA) is 66.0 Å². The summed E-state index contributed by atoms with van der Waals surface area (Å²) in [5, 5.41) is 3.24. The van der Waals surface area contributed by atoms with Gasteiger partial charge in [-0.25, -0.2) is 0 Å². The summed E-state index contributed by atoms with van der Waals surface area (Å²) in [5.41, 5.74) is 2.93. The van der Waals surface area contributed by atoms with Crippen LogP contribution in [0.3, 0.4) is 0 Å². The second-order valence-electron chi connectivity index (χ2n) is 8.73. The van der Waals surface area contributed by atoms with Crippen LogP contribution in [0.4, 0.5) is 5.69 Å². The van der Waals surface area contributed by atoms with E-state index in [1.165, 1.54) is 19.8 Å². The van der Waals surface area contributed by atoms with Crippen LogP contribution >= 0.6 is 11.6 Å². The minimum atomic E-state index is -0.318. The maximum absolute atomic E-state index is 13.0. The van der Waals surface area contributed by atoms with Crippen molar-refractivity contribution in [1.29, 1.82) is 0 Å². The van der Waals surface area contributed by atoms with Crippen LogP contribution in [0, 0.1) is 0 Å². The van der Waals surface area contributed by atoms with E-state index in [9.17, 15) is 4.79 Å². The molecule has 0 bridgehead atoms. The Morgan fingerprint density at radius 1 is 0.853 bits per heavy atom. The average molecular weight is 484 g/mol. The average Bonchev–Trinajstić information content (AvgIpc) is 2.82. The molecule has 0 aliphatic rings. The van der Waals surface area contributed by atoms with Crippen molar-refractivity contribution in [3.63, 3.8) is 0 Å². The third-order valence-electron chi connectivity index (χ3n) is 5.38. The number of rotatable bonds is 8. The summed E-state index contributed by atoms with van der Waals surface area (Å²) in [7, 11) is 4.60. The number of benzene rings is 3. The zero-order valence-corrected chi connectivity index (χ0v) is 21.1. The third-order valence-corrected chi connectivity index (χ3v) is 5.67. The van der Waals surface area contributed by atoms with Crippen LogP contribution in [0.15, 0.2) is 54.6 Å². The van der Waals surface area contributed by atoms with Gasteiger partial charge in [0, 0.05) is 23.3 Å². The minimum Gasteiger partial charge on any atom is -0.496 e. The van der Waals surface area contributed by atoms with Gasteiger partial charge < -0.3 is 24.3 Å². The molecule has 0 aromatic heterocycles. The number of hydrogen-bond acceptors (Lipinski definition) is 5. The standard InChI is InChI=1S/C27H30ClNO5/c1-27(2,3)19-8-10-20(11-9-19)34-16-18-13-17(7-12-23(18)31-4)26(30)29-22-15-24(32-5)21(28)14-25(22)33-6/h7-15H,16H2,1-6H3,(H,29,30). The summed E-state index contributed by atoms with van der Waals surface area (Å²) in [6, 6.07) is 16.4. The quantitative estimate of drug-likeness (QED) is 0.396. The van der Waals surface area contributed by atoms with Crippen LogP contribution in [0.1, 0.15) is 42.3 Å². The summed E-state index contributed by atoms with van der Waals surface area (Å²) < 4.78 is 22.0. The highest BCUT2D eigenvalue weighted by atomic mass is 35.5. The number of nitrogens with one attached hydrogen (secondary N) is 1. The monoisotopic (exact) mass is 483 g/mol. The van der Waals surface area contributed by atoms with Gasteiger partial charge in [0.05, 0.1) is 32.0 Å². The van der Waals surface area contributed by atoms with E-state index >= 15 is 0 Å². The van der Waals surface area contributed by atoms with Crippen LogP contribution in [0.5, 0.6) is 23.0 Å². The van der Waals surface area contributed by atoms with E-state index in [1.807, 2.05) is 12.1 Å². The Balaban J connectivity index is 1.79. The SMILES string of the molecule is COc1cc(NC(=O)c2ccc(OC)c(COc3ccc(C(C)(C)C)cc3)c2)c(OC)cc1Cl. The number of halogens is 1. The largest absolute Gasteiger partial charge is 0.496 e. The fourth-order valence-corrected chi connectivity index (χ4v) is 3.63. The molecular formula is C27H30ClNO5. The Labute approximate surface area is 205 Å². The Bertz CT molecular complexity index is 1150. The summed E-state index contributed by atoms with van der Waals surface area (Å²) in [6.45, 7) is 6.75. The molecule has 3 aromatic rings. The summed E-state index contributed by atoms with van der Waals surface area (Å²) >= 11 is 6.16. The van der Waals surface area contributed by atoms with E-state index in [2.05, 4.69) is 38.2 Å². The molecule has 3 rings (SSSR count).